The highest BCUT2D eigenvalue weighted by molar-refractivity contribution is 6.31. The number of hydrogen-bond donors (Lipinski definition) is 1. The molecule has 1 N–H and O–H groups in total. The van der Waals surface area contributed by atoms with Crippen LogP contribution in [0.1, 0.15) is 15.9 Å². The van der Waals surface area contributed by atoms with Gasteiger partial charge in [0.25, 0.3) is 5.69 Å². The molecule has 1 aliphatic heterocycles. The van der Waals surface area contributed by atoms with Crippen molar-refractivity contribution in [1.29, 1.82) is 0 Å². The molecule has 7 nitrogen and oxygen atoms in total. The SMILES string of the molecule is O=C(CN1CCN(c2ccc(CO)c(Cl)c2)CC1)c1cccc([N+](=O)[O-])c1. The smallest absolute Gasteiger partial charge is 0.270 e. The number of aliphatic hydroxyl groups is 1. The number of benzene rings is 2. The molecule has 8 heteroatoms. The van der Waals surface area contributed by atoms with E-state index in [0.717, 1.165) is 18.8 Å². The minimum absolute atomic E-state index is 0.0751. The number of nitro groups is 1. The van der Waals surface area contributed by atoms with Crippen molar-refractivity contribution in [3.8, 4) is 0 Å². The van der Waals surface area contributed by atoms with Gasteiger partial charge in [-0.25, -0.2) is 0 Å². The number of carbonyl (C=O) groups is 1. The summed E-state index contributed by atoms with van der Waals surface area (Å²) in [6, 6.07) is 11.4. The average Bonchev–Trinajstić information content (AvgIpc) is 2.68. The third kappa shape index (κ3) is 4.63. The van der Waals surface area contributed by atoms with E-state index in [4.69, 9.17) is 11.6 Å². The van der Waals surface area contributed by atoms with Crippen LogP contribution in [-0.2, 0) is 6.61 Å². The molecule has 0 spiro atoms. The van der Waals surface area contributed by atoms with Gasteiger partial charge in [0, 0.05) is 54.6 Å². The molecule has 1 saturated heterocycles. The summed E-state index contributed by atoms with van der Waals surface area (Å²) in [4.78, 5) is 27.0. The van der Waals surface area contributed by atoms with Crippen molar-refractivity contribution in [2.45, 2.75) is 6.61 Å². The normalized spacial score (nSPS) is 15.0. The van der Waals surface area contributed by atoms with Crippen molar-refractivity contribution >= 4 is 28.8 Å². The molecule has 1 heterocycles. The Hall–Kier alpha value is -2.48. The summed E-state index contributed by atoms with van der Waals surface area (Å²) in [6.45, 7) is 3.06. The molecule has 0 atom stereocenters. The fourth-order valence-electron chi connectivity index (χ4n) is 3.11. The van der Waals surface area contributed by atoms with E-state index in [2.05, 4.69) is 4.90 Å². The Kier molecular flexibility index (Phi) is 6.05. The van der Waals surface area contributed by atoms with Gasteiger partial charge in [-0.1, -0.05) is 29.8 Å². The molecular weight excluding hydrogens is 370 g/mol. The van der Waals surface area contributed by atoms with Crippen molar-refractivity contribution in [1.82, 2.24) is 4.90 Å². The zero-order valence-electron chi connectivity index (χ0n) is 14.7. The van der Waals surface area contributed by atoms with Crippen LogP contribution >= 0.6 is 11.6 Å². The molecule has 2 aromatic carbocycles. The Morgan fingerprint density at radius 3 is 2.52 bits per heavy atom. The highest BCUT2D eigenvalue weighted by Gasteiger charge is 2.21. The number of halogens is 1. The largest absolute Gasteiger partial charge is 0.392 e. The zero-order valence-corrected chi connectivity index (χ0v) is 15.4. The first-order valence-electron chi connectivity index (χ1n) is 8.62. The number of ketones is 1. The fourth-order valence-corrected chi connectivity index (χ4v) is 3.35. The van der Waals surface area contributed by atoms with E-state index in [0.29, 0.717) is 29.2 Å². The molecule has 0 radical (unpaired) electrons. The zero-order chi connectivity index (χ0) is 19.4. The third-order valence-corrected chi connectivity index (χ3v) is 5.04. The molecule has 0 amide bonds. The molecule has 2 aromatic rings. The van der Waals surface area contributed by atoms with Gasteiger partial charge in [0.2, 0.25) is 0 Å². The molecule has 0 aliphatic carbocycles. The van der Waals surface area contributed by atoms with Crippen LogP contribution in [-0.4, -0.2) is 53.4 Å². The predicted molar refractivity (Wildman–Crippen MR) is 103 cm³/mol. The summed E-state index contributed by atoms with van der Waals surface area (Å²) in [6.07, 6.45) is 0. The van der Waals surface area contributed by atoms with Gasteiger partial charge in [-0.15, -0.1) is 0 Å². The molecule has 1 fully saturated rings. The van der Waals surface area contributed by atoms with Gasteiger partial charge in [-0.2, -0.15) is 0 Å². The van der Waals surface area contributed by atoms with Crippen LogP contribution in [0.4, 0.5) is 11.4 Å². The van der Waals surface area contributed by atoms with Gasteiger partial charge in [-0.3, -0.25) is 19.8 Å². The maximum atomic E-state index is 12.4. The van der Waals surface area contributed by atoms with Gasteiger partial charge >= 0.3 is 0 Å². The van der Waals surface area contributed by atoms with Crippen LogP contribution in [0.5, 0.6) is 0 Å². The van der Waals surface area contributed by atoms with Gasteiger partial charge in [0.1, 0.15) is 0 Å². The number of aliphatic hydroxyl groups excluding tert-OH is 1. The van der Waals surface area contributed by atoms with Gasteiger partial charge in [0.05, 0.1) is 18.1 Å². The Labute approximate surface area is 161 Å². The van der Waals surface area contributed by atoms with Crippen LogP contribution in [0.15, 0.2) is 42.5 Å². The van der Waals surface area contributed by atoms with Crippen molar-refractivity contribution in [2.24, 2.45) is 0 Å². The van der Waals surface area contributed by atoms with E-state index < -0.39 is 4.92 Å². The number of hydrogen-bond acceptors (Lipinski definition) is 6. The number of anilines is 1. The Bertz CT molecular complexity index is 851. The van der Waals surface area contributed by atoms with Crippen LogP contribution in [0, 0.1) is 10.1 Å². The Balaban J connectivity index is 1.58. The average molecular weight is 390 g/mol. The van der Waals surface area contributed by atoms with Crippen LogP contribution in [0.25, 0.3) is 0 Å². The molecular formula is C19H20ClN3O4. The monoisotopic (exact) mass is 389 g/mol. The van der Waals surface area contributed by atoms with Crippen LogP contribution < -0.4 is 4.90 Å². The maximum absolute atomic E-state index is 12.4. The van der Waals surface area contributed by atoms with Crippen molar-refractivity contribution < 1.29 is 14.8 Å². The van der Waals surface area contributed by atoms with Crippen molar-refractivity contribution in [3.63, 3.8) is 0 Å². The van der Waals surface area contributed by atoms with Crippen LogP contribution in [0.2, 0.25) is 5.02 Å². The molecule has 0 saturated carbocycles. The van der Waals surface area contributed by atoms with Crippen LogP contribution in [0.3, 0.4) is 0 Å². The molecule has 27 heavy (non-hydrogen) atoms. The van der Waals surface area contributed by atoms with E-state index in [-0.39, 0.29) is 24.6 Å². The second-order valence-corrected chi connectivity index (χ2v) is 6.83. The first-order valence-corrected chi connectivity index (χ1v) is 9.00. The lowest BCUT2D eigenvalue weighted by Gasteiger charge is -2.36. The number of Topliss-reactive ketones (excluding diaryl/α,β-unsaturated/α-hetero) is 1. The van der Waals surface area contributed by atoms with Gasteiger partial charge in [0.15, 0.2) is 5.78 Å². The van der Waals surface area contributed by atoms with Gasteiger partial charge < -0.3 is 10.0 Å². The summed E-state index contributed by atoms with van der Waals surface area (Å²) >= 11 is 6.16. The topological polar surface area (TPSA) is 86.9 Å². The highest BCUT2D eigenvalue weighted by atomic mass is 35.5. The first-order chi connectivity index (χ1) is 13.0. The summed E-state index contributed by atoms with van der Waals surface area (Å²) < 4.78 is 0. The molecule has 3 rings (SSSR count). The summed E-state index contributed by atoms with van der Waals surface area (Å²) in [5.41, 5.74) is 1.97. The molecule has 0 aromatic heterocycles. The second-order valence-electron chi connectivity index (χ2n) is 6.43. The number of nitro benzene ring substituents is 1. The molecule has 142 valence electrons. The predicted octanol–water partition coefficient (Wildman–Crippen LogP) is 2.75. The van der Waals surface area contributed by atoms with E-state index in [1.807, 2.05) is 23.1 Å². The standard InChI is InChI=1S/C19H20ClN3O4/c20-18-11-16(5-4-15(18)13-24)22-8-6-21(7-9-22)12-19(25)14-2-1-3-17(10-14)23(26)27/h1-5,10-11,24H,6-9,12-13H2. The number of non-ortho nitro benzene ring substituents is 1. The number of nitrogens with zero attached hydrogens (tertiary/aromatic N) is 3. The number of rotatable bonds is 6. The summed E-state index contributed by atoms with van der Waals surface area (Å²) in [7, 11) is 0. The van der Waals surface area contributed by atoms with E-state index in [9.17, 15) is 20.0 Å². The van der Waals surface area contributed by atoms with E-state index in [1.165, 1.54) is 18.2 Å². The summed E-state index contributed by atoms with van der Waals surface area (Å²) in [5, 5.41) is 20.6. The first kappa shape index (κ1) is 19.3. The minimum atomic E-state index is -0.497. The maximum Gasteiger partial charge on any atom is 0.270 e. The Morgan fingerprint density at radius 2 is 1.89 bits per heavy atom. The minimum Gasteiger partial charge on any atom is -0.392 e. The van der Waals surface area contributed by atoms with Gasteiger partial charge in [-0.05, 0) is 17.7 Å². The highest BCUT2D eigenvalue weighted by Crippen LogP contribution is 2.25. The lowest BCUT2D eigenvalue weighted by Crippen LogP contribution is -2.48. The second kappa shape index (κ2) is 8.47. The van der Waals surface area contributed by atoms with Crippen molar-refractivity contribution in [3.05, 3.63) is 68.7 Å². The number of piperazine rings is 1. The number of carbonyl (C=O) groups excluding carboxylic acids is 1. The van der Waals surface area contributed by atoms with Crippen molar-refractivity contribution in [2.75, 3.05) is 37.6 Å². The lowest BCUT2D eigenvalue weighted by atomic mass is 10.1. The fraction of sp³-hybridized carbons (Fsp3) is 0.316. The quantitative estimate of drug-likeness (QED) is 0.464. The molecule has 0 bridgehead atoms. The summed E-state index contributed by atoms with van der Waals surface area (Å²) in [5.74, 6) is -0.123. The lowest BCUT2D eigenvalue weighted by molar-refractivity contribution is -0.384. The van der Waals surface area contributed by atoms with E-state index >= 15 is 0 Å². The Morgan fingerprint density at radius 1 is 1.15 bits per heavy atom. The van der Waals surface area contributed by atoms with E-state index in [1.54, 1.807) is 6.07 Å². The third-order valence-electron chi connectivity index (χ3n) is 4.69. The molecule has 1 aliphatic rings. The molecule has 0 unspecified atom stereocenters.